The van der Waals surface area contributed by atoms with Crippen LogP contribution in [0, 0.1) is 17.8 Å². The number of aliphatic hydroxyl groups is 1. The first-order valence-electron chi connectivity index (χ1n) is 19.2. The highest BCUT2D eigenvalue weighted by Gasteiger charge is 2.43. The van der Waals surface area contributed by atoms with E-state index in [1.165, 1.54) is 12.5 Å². The Morgan fingerprint density at radius 1 is 1.04 bits per heavy atom. The topological polar surface area (TPSA) is 138 Å². The van der Waals surface area contributed by atoms with Gasteiger partial charge in [0.05, 0.1) is 48.8 Å². The second-order valence-corrected chi connectivity index (χ2v) is 15.8. The summed E-state index contributed by atoms with van der Waals surface area (Å²) in [5, 5.41) is 17.0. The van der Waals surface area contributed by atoms with Crippen molar-refractivity contribution in [2.75, 3.05) is 34.0 Å². The maximum absolute atomic E-state index is 14.1. The Morgan fingerprint density at radius 3 is 2.25 bits per heavy atom. The molecule has 52 heavy (non-hydrogen) atoms. The fourth-order valence-electron chi connectivity index (χ4n) is 7.62. The van der Waals surface area contributed by atoms with E-state index in [1.807, 2.05) is 45.9 Å². The zero-order valence-corrected chi connectivity index (χ0v) is 34.8. The summed E-state index contributed by atoms with van der Waals surface area (Å²) in [5.74, 6) is -1.25. The fraction of sp³-hybridized carbons (Fsp3) is 0.750. The summed E-state index contributed by atoms with van der Waals surface area (Å²) in [5.41, 5.74) is 1.93. The largest absolute Gasteiger partial charge is 0.386 e. The molecular weight excluding hydrogens is 679 g/mol. The van der Waals surface area contributed by atoms with E-state index in [0.29, 0.717) is 18.9 Å². The molecule has 3 unspecified atom stereocenters. The summed E-state index contributed by atoms with van der Waals surface area (Å²) in [4.78, 5) is 56.8. The van der Waals surface area contributed by atoms with E-state index >= 15 is 0 Å². The third-order valence-electron chi connectivity index (χ3n) is 11.1. The zero-order valence-electron chi connectivity index (χ0n) is 33.7. The molecular formula is C40H69N4O7P. The summed E-state index contributed by atoms with van der Waals surface area (Å²) < 4.78 is 11.9. The van der Waals surface area contributed by atoms with E-state index in [2.05, 4.69) is 32.9 Å². The quantitative estimate of drug-likeness (QED) is 0.150. The van der Waals surface area contributed by atoms with Crippen molar-refractivity contribution in [1.82, 2.24) is 20.4 Å². The Bertz CT molecular complexity index is 1300. The average Bonchev–Trinajstić information content (AvgIpc) is 3.61. The van der Waals surface area contributed by atoms with Gasteiger partial charge >= 0.3 is 0 Å². The first-order valence-corrected chi connectivity index (χ1v) is 20.0. The third-order valence-corrected chi connectivity index (χ3v) is 11.5. The molecule has 2 rings (SSSR count). The molecule has 1 fully saturated rings. The number of hydrogen-bond donors (Lipinski definition) is 3. The van der Waals surface area contributed by atoms with Crippen molar-refractivity contribution >= 4 is 32.9 Å². The van der Waals surface area contributed by atoms with Crippen LogP contribution in [-0.2, 0) is 28.7 Å². The number of likely N-dealkylation sites (tertiary alicyclic amines) is 1. The maximum Gasteiger partial charge on any atom is 0.245 e. The molecule has 11 nitrogen and oxygen atoms in total. The molecule has 0 saturated carbocycles. The average molecular weight is 749 g/mol. The van der Waals surface area contributed by atoms with Gasteiger partial charge in [0.15, 0.2) is 0 Å². The van der Waals surface area contributed by atoms with Crippen LogP contribution >= 0.6 is 9.24 Å². The number of hydrogen-bond acceptors (Lipinski definition) is 7. The van der Waals surface area contributed by atoms with E-state index in [-0.39, 0.29) is 47.9 Å². The molecule has 1 aromatic carbocycles. The van der Waals surface area contributed by atoms with Crippen molar-refractivity contribution in [3.8, 4) is 0 Å². The maximum atomic E-state index is 14.1. The van der Waals surface area contributed by atoms with Crippen LogP contribution in [0.5, 0.6) is 0 Å². The number of nitrogens with zero attached hydrogens (tertiary/aromatic N) is 2. The number of carbonyl (C=O) groups excluding carboxylic acids is 4. The van der Waals surface area contributed by atoms with Crippen LogP contribution in [0.4, 0.5) is 0 Å². The predicted molar refractivity (Wildman–Crippen MR) is 210 cm³/mol. The van der Waals surface area contributed by atoms with Gasteiger partial charge in [-0.1, -0.05) is 72.2 Å². The minimum absolute atomic E-state index is 0.00474. The zero-order chi connectivity index (χ0) is 39.3. The molecule has 0 bridgehead atoms. The molecule has 0 aromatic heterocycles. The van der Waals surface area contributed by atoms with E-state index in [9.17, 15) is 24.3 Å². The van der Waals surface area contributed by atoms with Gasteiger partial charge in [-0.25, -0.2) is 0 Å². The SMILES string of the molecule is CC[C@H](C)C([C@@H](CC(=O)N1CCC[C@H]1[C@H](OC)[C@@H](C)C(=O)N[C@H](C)[C@@H](O)c1cccc(C(C)CCCP)c1)OC)N(C)C(=O)[C@@H](NC(C)=O)C(C)C. The van der Waals surface area contributed by atoms with Crippen molar-refractivity contribution < 1.29 is 33.8 Å². The summed E-state index contributed by atoms with van der Waals surface area (Å²) in [6.45, 7) is 15.6. The van der Waals surface area contributed by atoms with Crippen LogP contribution in [0.15, 0.2) is 24.3 Å². The molecule has 1 saturated heterocycles. The Labute approximate surface area is 315 Å². The molecule has 1 aliphatic rings. The molecule has 0 radical (unpaired) electrons. The molecule has 1 aromatic rings. The van der Waals surface area contributed by atoms with Crippen LogP contribution in [0.2, 0.25) is 0 Å². The lowest BCUT2D eigenvalue weighted by Crippen LogP contribution is -2.57. The van der Waals surface area contributed by atoms with Gasteiger partial charge in [-0.3, -0.25) is 19.2 Å². The second-order valence-electron chi connectivity index (χ2n) is 15.3. The number of rotatable bonds is 21. The number of ether oxygens (including phenoxy) is 2. The predicted octanol–water partition coefficient (Wildman–Crippen LogP) is 5.06. The normalized spacial score (nSPS) is 19.9. The highest BCUT2D eigenvalue weighted by molar-refractivity contribution is 7.16. The fourth-order valence-corrected chi connectivity index (χ4v) is 7.86. The Kier molecular flexibility index (Phi) is 19.2. The number of carbonyl (C=O) groups is 4. The smallest absolute Gasteiger partial charge is 0.245 e. The van der Waals surface area contributed by atoms with E-state index in [4.69, 9.17) is 9.47 Å². The van der Waals surface area contributed by atoms with Gasteiger partial charge in [-0.15, -0.1) is 9.24 Å². The van der Waals surface area contributed by atoms with Crippen molar-refractivity contribution in [2.24, 2.45) is 17.8 Å². The monoisotopic (exact) mass is 748 g/mol. The molecule has 0 spiro atoms. The van der Waals surface area contributed by atoms with E-state index in [1.54, 1.807) is 44.9 Å². The number of amides is 4. The van der Waals surface area contributed by atoms with Crippen molar-refractivity contribution in [1.29, 1.82) is 0 Å². The number of benzene rings is 1. The first kappa shape index (κ1) is 45.6. The number of aliphatic hydroxyl groups excluding tert-OH is 1. The molecule has 0 aliphatic carbocycles. The van der Waals surface area contributed by atoms with Gasteiger partial charge in [0.2, 0.25) is 23.6 Å². The lowest BCUT2D eigenvalue weighted by atomic mass is 9.89. The summed E-state index contributed by atoms with van der Waals surface area (Å²) >= 11 is 0. The summed E-state index contributed by atoms with van der Waals surface area (Å²) in [6, 6.07) is 5.96. The van der Waals surface area contributed by atoms with Gasteiger partial charge in [0, 0.05) is 34.7 Å². The van der Waals surface area contributed by atoms with Crippen molar-refractivity contribution in [2.45, 2.75) is 142 Å². The Morgan fingerprint density at radius 2 is 1.69 bits per heavy atom. The molecule has 296 valence electrons. The van der Waals surface area contributed by atoms with Gasteiger partial charge in [-0.05, 0) is 67.6 Å². The van der Waals surface area contributed by atoms with Crippen LogP contribution in [-0.4, -0.2) is 109 Å². The molecule has 12 heteroatoms. The van der Waals surface area contributed by atoms with Crippen LogP contribution in [0.3, 0.4) is 0 Å². The third kappa shape index (κ3) is 12.2. The number of likely N-dealkylation sites (N-methyl/N-ethyl adjacent to an activating group) is 1. The minimum atomic E-state index is -0.890. The lowest BCUT2D eigenvalue weighted by molar-refractivity contribution is -0.147. The molecule has 3 N–H and O–H groups in total. The van der Waals surface area contributed by atoms with Gasteiger partial charge in [0.25, 0.3) is 0 Å². The molecule has 1 aliphatic heterocycles. The van der Waals surface area contributed by atoms with Crippen LogP contribution < -0.4 is 10.6 Å². The summed E-state index contributed by atoms with van der Waals surface area (Å²) in [7, 11) is 7.61. The second kappa shape index (κ2) is 21.9. The van der Waals surface area contributed by atoms with E-state index < -0.39 is 42.4 Å². The summed E-state index contributed by atoms with van der Waals surface area (Å²) in [6.07, 6.45) is 3.41. The highest BCUT2D eigenvalue weighted by atomic mass is 31.0. The minimum Gasteiger partial charge on any atom is -0.386 e. The van der Waals surface area contributed by atoms with Crippen LogP contribution in [0.1, 0.15) is 117 Å². The number of nitrogens with one attached hydrogen (secondary N) is 2. The van der Waals surface area contributed by atoms with Crippen molar-refractivity contribution in [3.63, 3.8) is 0 Å². The number of methoxy groups -OCH3 is 2. The van der Waals surface area contributed by atoms with E-state index in [0.717, 1.165) is 37.4 Å². The standard InChI is InChI=1S/C40H69N4O7P/c1-12-25(4)36(43(9)40(49)35(24(2)3)42-29(8)45)33(50-10)23-34(46)44-20-14-19-32(44)38(51-11)27(6)39(48)41-28(7)37(47)31-18-13-17-30(22-31)26(5)16-15-21-52/h13,17-18,22,24-28,32-33,35-38,47H,12,14-16,19-21,23,52H2,1-11H3,(H,41,48)(H,42,45)/t25-,26?,27+,28+,32-,33+,35-,36?,37+,38+/m0/s1. The molecule has 4 amide bonds. The van der Waals surface area contributed by atoms with Crippen LogP contribution in [0.25, 0.3) is 0 Å². The van der Waals surface area contributed by atoms with Gasteiger partial charge in [-0.2, -0.15) is 0 Å². The molecule has 11 atom stereocenters. The Hall–Kier alpha value is -2.59. The lowest BCUT2D eigenvalue weighted by Gasteiger charge is -2.40. The molecule has 1 heterocycles. The van der Waals surface area contributed by atoms with Gasteiger partial charge < -0.3 is 35.0 Å². The first-order chi connectivity index (χ1) is 24.5. The Balaban J connectivity index is 2.20. The van der Waals surface area contributed by atoms with Gasteiger partial charge in [0.1, 0.15) is 6.04 Å². The van der Waals surface area contributed by atoms with Crippen molar-refractivity contribution in [3.05, 3.63) is 35.4 Å². The highest BCUT2D eigenvalue weighted by Crippen LogP contribution is 2.30.